The minimum Gasteiger partial charge on any atom is -0.465 e. The number of amides is 1. The predicted molar refractivity (Wildman–Crippen MR) is 79.5 cm³/mol. The molecule has 0 spiro atoms. The summed E-state index contributed by atoms with van der Waals surface area (Å²) in [6.45, 7) is 4.35. The number of morpholine rings is 1. The Kier molecular flexibility index (Phi) is 4.20. The Morgan fingerprint density at radius 3 is 2.91 bits per heavy atom. The number of fused-ring (bicyclic) bond motifs is 1. The summed E-state index contributed by atoms with van der Waals surface area (Å²) in [4.78, 5) is 14.7. The second-order valence-electron chi connectivity index (χ2n) is 5.95. The molecule has 0 unspecified atom stereocenters. The summed E-state index contributed by atoms with van der Waals surface area (Å²) in [5, 5.41) is 18.2. The van der Waals surface area contributed by atoms with Crippen molar-refractivity contribution in [2.24, 2.45) is 0 Å². The molecule has 7 heteroatoms. The molecule has 0 radical (unpaired) electrons. The third-order valence-corrected chi connectivity index (χ3v) is 4.68. The fourth-order valence-electron chi connectivity index (χ4n) is 3.33. The monoisotopic (exact) mass is 319 g/mol. The van der Waals surface area contributed by atoms with Gasteiger partial charge in [-0.3, -0.25) is 4.90 Å². The number of carbonyl (C=O) groups is 1. The lowest BCUT2D eigenvalue weighted by Gasteiger charge is -2.45. The highest BCUT2D eigenvalue weighted by molar-refractivity contribution is 5.65. The van der Waals surface area contributed by atoms with Crippen LogP contribution < -0.4 is 0 Å². The SMILES string of the molecule is Cc1c([C@@H]2CN3CCN(C(=O)O)C[C@H]3CO2)ccc(F)c1C#N. The van der Waals surface area contributed by atoms with E-state index in [2.05, 4.69) is 4.90 Å². The van der Waals surface area contributed by atoms with Gasteiger partial charge in [0.2, 0.25) is 0 Å². The van der Waals surface area contributed by atoms with Crippen molar-refractivity contribution >= 4 is 6.09 Å². The van der Waals surface area contributed by atoms with Gasteiger partial charge in [-0.1, -0.05) is 6.07 Å². The first kappa shape index (κ1) is 15.7. The molecular weight excluding hydrogens is 301 g/mol. The maximum absolute atomic E-state index is 13.7. The first-order chi connectivity index (χ1) is 11.0. The van der Waals surface area contributed by atoms with Crippen molar-refractivity contribution < 1.29 is 19.0 Å². The summed E-state index contributed by atoms with van der Waals surface area (Å²) >= 11 is 0. The number of rotatable bonds is 1. The second-order valence-corrected chi connectivity index (χ2v) is 5.95. The van der Waals surface area contributed by atoms with Crippen LogP contribution in [0.1, 0.15) is 22.8 Å². The Hall–Kier alpha value is -2.17. The van der Waals surface area contributed by atoms with Crippen molar-refractivity contribution in [3.05, 3.63) is 34.6 Å². The van der Waals surface area contributed by atoms with E-state index in [1.165, 1.54) is 11.0 Å². The summed E-state index contributed by atoms with van der Waals surface area (Å²) < 4.78 is 19.5. The molecule has 2 heterocycles. The van der Waals surface area contributed by atoms with E-state index in [0.29, 0.717) is 38.3 Å². The Morgan fingerprint density at radius 1 is 1.43 bits per heavy atom. The molecule has 0 aliphatic carbocycles. The summed E-state index contributed by atoms with van der Waals surface area (Å²) in [7, 11) is 0. The van der Waals surface area contributed by atoms with Gasteiger partial charge in [0.05, 0.1) is 24.3 Å². The molecule has 1 amide bonds. The maximum Gasteiger partial charge on any atom is 0.407 e. The van der Waals surface area contributed by atoms with Gasteiger partial charge >= 0.3 is 6.09 Å². The van der Waals surface area contributed by atoms with Gasteiger partial charge in [-0.15, -0.1) is 0 Å². The van der Waals surface area contributed by atoms with E-state index in [-0.39, 0.29) is 17.7 Å². The van der Waals surface area contributed by atoms with Crippen molar-refractivity contribution in [3.8, 4) is 6.07 Å². The van der Waals surface area contributed by atoms with Crippen LogP contribution >= 0.6 is 0 Å². The van der Waals surface area contributed by atoms with Crippen LogP contribution in [0.5, 0.6) is 0 Å². The summed E-state index contributed by atoms with van der Waals surface area (Å²) in [5.41, 5.74) is 1.49. The van der Waals surface area contributed by atoms with Crippen LogP contribution in [0.15, 0.2) is 12.1 Å². The van der Waals surface area contributed by atoms with Crippen LogP contribution in [0.3, 0.4) is 0 Å². The number of piperazine rings is 1. The molecule has 2 atom stereocenters. The van der Waals surface area contributed by atoms with E-state index in [9.17, 15) is 9.18 Å². The second kappa shape index (κ2) is 6.14. The van der Waals surface area contributed by atoms with Crippen LogP contribution in [0.25, 0.3) is 0 Å². The van der Waals surface area contributed by atoms with Gasteiger partial charge in [-0.05, 0) is 24.1 Å². The first-order valence-electron chi connectivity index (χ1n) is 7.54. The zero-order valence-electron chi connectivity index (χ0n) is 12.8. The van der Waals surface area contributed by atoms with Crippen LogP contribution in [-0.4, -0.2) is 59.8 Å². The Labute approximate surface area is 133 Å². The van der Waals surface area contributed by atoms with Crippen molar-refractivity contribution in [2.75, 3.05) is 32.8 Å². The molecule has 0 bridgehead atoms. The molecule has 2 fully saturated rings. The highest BCUT2D eigenvalue weighted by Gasteiger charge is 2.36. The average molecular weight is 319 g/mol. The molecule has 3 rings (SSSR count). The number of nitrogens with zero attached hydrogens (tertiary/aromatic N) is 3. The molecule has 2 aliphatic heterocycles. The molecule has 0 saturated carbocycles. The molecule has 1 N–H and O–H groups in total. The smallest absolute Gasteiger partial charge is 0.407 e. The van der Waals surface area contributed by atoms with Gasteiger partial charge in [0.1, 0.15) is 11.9 Å². The Morgan fingerprint density at radius 2 is 2.22 bits per heavy atom. The van der Waals surface area contributed by atoms with Crippen LogP contribution in [-0.2, 0) is 4.74 Å². The number of carboxylic acid groups (broad SMARTS) is 1. The van der Waals surface area contributed by atoms with Gasteiger partial charge in [0.25, 0.3) is 0 Å². The predicted octanol–water partition coefficient (Wildman–Crippen LogP) is 1.74. The topological polar surface area (TPSA) is 76.8 Å². The number of ether oxygens (including phenoxy) is 1. The summed E-state index contributed by atoms with van der Waals surface area (Å²) in [6, 6.07) is 4.92. The van der Waals surface area contributed by atoms with E-state index in [1.54, 1.807) is 13.0 Å². The minimum atomic E-state index is -0.903. The van der Waals surface area contributed by atoms with Gasteiger partial charge in [0.15, 0.2) is 0 Å². The molecule has 122 valence electrons. The average Bonchev–Trinajstić information content (AvgIpc) is 2.54. The van der Waals surface area contributed by atoms with E-state index in [0.717, 1.165) is 5.56 Å². The third kappa shape index (κ3) is 2.87. The van der Waals surface area contributed by atoms with Gasteiger partial charge in [-0.2, -0.15) is 5.26 Å². The Balaban J connectivity index is 1.77. The molecule has 1 aromatic carbocycles. The molecule has 0 aromatic heterocycles. The minimum absolute atomic E-state index is 0.0484. The zero-order valence-corrected chi connectivity index (χ0v) is 12.8. The van der Waals surface area contributed by atoms with Crippen molar-refractivity contribution in [1.82, 2.24) is 9.80 Å². The van der Waals surface area contributed by atoms with Crippen molar-refractivity contribution in [3.63, 3.8) is 0 Å². The highest BCUT2D eigenvalue weighted by Crippen LogP contribution is 2.30. The van der Waals surface area contributed by atoms with Crippen molar-refractivity contribution in [2.45, 2.75) is 19.1 Å². The van der Waals surface area contributed by atoms with Crippen molar-refractivity contribution in [1.29, 1.82) is 5.26 Å². The number of hydrogen-bond acceptors (Lipinski definition) is 4. The normalized spacial score (nSPS) is 24.8. The van der Waals surface area contributed by atoms with Crippen LogP contribution in [0.4, 0.5) is 9.18 Å². The maximum atomic E-state index is 13.7. The highest BCUT2D eigenvalue weighted by atomic mass is 19.1. The Bertz CT molecular complexity index is 673. The third-order valence-electron chi connectivity index (χ3n) is 4.68. The van der Waals surface area contributed by atoms with E-state index >= 15 is 0 Å². The lowest BCUT2D eigenvalue weighted by Crippen LogP contribution is -2.59. The molecule has 1 aromatic rings. The lowest BCUT2D eigenvalue weighted by molar-refractivity contribution is -0.0868. The van der Waals surface area contributed by atoms with Gasteiger partial charge < -0.3 is 14.7 Å². The van der Waals surface area contributed by atoms with E-state index in [4.69, 9.17) is 15.1 Å². The van der Waals surface area contributed by atoms with Gasteiger partial charge in [-0.25, -0.2) is 9.18 Å². The molecule has 23 heavy (non-hydrogen) atoms. The number of halogens is 1. The van der Waals surface area contributed by atoms with Crippen LogP contribution in [0, 0.1) is 24.1 Å². The lowest BCUT2D eigenvalue weighted by atomic mass is 9.96. The number of hydrogen-bond donors (Lipinski definition) is 1. The fraction of sp³-hybridized carbons (Fsp3) is 0.500. The molecule has 6 nitrogen and oxygen atoms in total. The van der Waals surface area contributed by atoms with E-state index < -0.39 is 11.9 Å². The largest absolute Gasteiger partial charge is 0.465 e. The molecule has 2 saturated heterocycles. The first-order valence-corrected chi connectivity index (χ1v) is 7.54. The molecule has 2 aliphatic rings. The summed E-state index contributed by atoms with van der Waals surface area (Å²) in [5.74, 6) is -0.516. The van der Waals surface area contributed by atoms with E-state index in [1.807, 2.05) is 6.07 Å². The number of nitriles is 1. The van der Waals surface area contributed by atoms with Gasteiger partial charge in [0, 0.05) is 26.2 Å². The standard InChI is InChI=1S/C16H18FN3O3/c1-10-12(2-3-14(17)13(10)6-18)15-8-19-4-5-20(16(21)22)7-11(19)9-23-15/h2-3,11,15H,4-5,7-9H2,1H3,(H,21,22)/t11-,15-/m0/s1. The number of benzene rings is 1. The molecular formula is C16H18FN3O3. The fourth-order valence-corrected chi connectivity index (χ4v) is 3.33. The summed E-state index contributed by atoms with van der Waals surface area (Å²) in [6.07, 6.45) is -1.13. The quantitative estimate of drug-likeness (QED) is 0.853. The zero-order chi connectivity index (χ0) is 16.6. The van der Waals surface area contributed by atoms with Crippen LogP contribution in [0.2, 0.25) is 0 Å².